The predicted octanol–water partition coefficient (Wildman–Crippen LogP) is -1.06. The molecule has 1 fully saturated rings. The minimum atomic E-state index is -0.509. The van der Waals surface area contributed by atoms with Crippen LogP contribution in [0.15, 0.2) is 0 Å². The summed E-state index contributed by atoms with van der Waals surface area (Å²) in [5.41, 5.74) is 15.2. The van der Waals surface area contributed by atoms with Crippen LogP contribution in [0, 0.1) is 0 Å². The molecule has 1 aliphatic heterocycles. The van der Waals surface area contributed by atoms with Gasteiger partial charge in [0.15, 0.2) is 0 Å². The molecule has 0 radical (unpaired) electrons. The predicted molar refractivity (Wildman–Crippen MR) is 50.9 cm³/mol. The van der Waals surface area contributed by atoms with Crippen molar-refractivity contribution in [2.75, 3.05) is 13.2 Å². The molecule has 1 amide bonds. The first-order valence-electron chi connectivity index (χ1n) is 4.42. The van der Waals surface area contributed by atoms with Gasteiger partial charge in [-0.1, -0.05) is 0 Å². The minimum Gasteiger partial charge on any atom is -0.381 e. The molecule has 1 aliphatic rings. The zero-order valence-electron chi connectivity index (χ0n) is 8.03. The van der Waals surface area contributed by atoms with Gasteiger partial charge in [0.05, 0.1) is 6.04 Å². The molecule has 1 heterocycles. The molecular weight excluding hydrogens is 170 g/mol. The van der Waals surface area contributed by atoms with Gasteiger partial charge < -0.3 is 21.9 Å². The van der Waals surface area contributed by atoms with E-state index >= 15 is 0 Å². The van der Waals surface area contributed by atoms with Crippen LogP contribution < -0.4 is 17.2 Å². The summed E-state index contributed by atoms with van der Waals surface area (Å²) >= 11 is 0. The summed E-state index contributed by atoms with van der Waals surface area (Å²) < 4.78 is 5.06. The second-order valence-corrected chi connectivity index (χ2v) is 3.14. The fourth-order valence-electron chi connectivity index (χ4n) is 0.716. The van der Waals surface area contributed by atoms with Crippen LogP contribution in [0.1, 0.15) is 19.8 Å². The van der Waals surface area contributed by atoms with Gasteiger partial charge in [-0.05, 0) is 19.8 Å². The molecule has 1 saturated heterocycles. The molecule has 0 aromatic rings. The number of rotatable bonds is 1. The van der Waals surface area contributed by atoms with Crippen molar-refractivity contribution in [2.45, 2.75) is 31.8 Å². The van der Waals surface area contributed by atoms with E-state index < -0.39 is 11.9 Å². The monoisotopic (exact) mass is 189 g/mol. The van der Waals surface area contributed by atoms with E-state index in [2.05, 4.69) is 5.73 Å². The van der Waals surface area contributed by atoms with Crippen molar-refractivity contribution in [3.63, 3.8) is 0 Å². The van der Waals surface area contributed by atoms with Gasteiger partial charge >= 0.3 is 0 Å². The Bertz CT molecular complexity index is 144. The van der Waals surface area contributed by atoms with Gasteiger partial charge in [0, 0.05) is 19.3 Å². The standard InChI is InChI=1S/C5H11NO.C3H8N2O/c6-5-1-3-7-4-2-5;1-2(4)3(5)6/h5H,1-4,6H2;2H,4H2,1H3,(H2,5,6)/t;2-/m.1/s1. The first-order valence-corrected chi connectivity index (χ1v) is 4.42. The van der Waals surface area contributed by atoms with Crippen LogP contribution >= 0.6 is 0 Å². The number of hydrogen-bond acceptors (Lipinski definition) is 4. The second-order valence-electron chi connectivity index (χ2n) is 3.14. The van der Waals surface area contributed by atoms with E-state index in [0.717, 1.165) is 26.1 Å². The normalized spacial score (nSPS) is 19.9. The lowest BCUT2D eigenvalue weighted by Crippen LogP contribution is -2.32. The number of nitrogens with two attached hydrogens (primary N) is 3. The fraction of sp³-hybridized carbons (Fsp3) is 0.875. The number of primary amides is 1. The second kappa shape index (κ2) is 6.82. The van der Waals surface area contributed by atoms with Crippen LogP contribution in [0.5, 0.6) is 0 Å². The number of amides is 1. The molecule has 5 nitrogen and oxygen atoms in total. The minimum absolute atomic E-state index is 0.411. The largest absolute Gasteiger partial charge is 0.381 e. The van der Waals surface area contributed by atoms with E-state index in [1.165, 1.54) is 0 Å². The van der Waals surface area contributed by atoms with E-state index in [0.29, 0.717) is 6.04 Å². The molecule has 78 valence electrons. The fourth-order valence-corrected chi connectivity index (χ4v) is 0.716. The lowest BCUT2D eigenvalue weighted by Gasteiger charge is -2.16. The smallest absolute Gasteiger partial charge is 0.234 e. The highest BCUT2D eigenvalue weighted by Crippen LogP contribution is 2.01. The van der Waals surface area contributed by atoms with Crippen molar-refractivity contribution in [1.82, 2.24) is 0 Å². The van der Waals surface area contributed by atoms with E-state index in [9.17, 15) is 4.79 Å². The molecule has 0 spiro atoms. The third-order valence-corrected chi connectivity index (χ3v) is 1.71. The van der Waals surface area contributed by atoms with Gasteiger partial charge in [0.2, 0.25) is 5.91 Å². The highest BCUT2D eigenvalue weighted by Gasteiger charge is 2.06. The van der Waals surface area contributed by atoms with E-state index in [-0.39, 0.29) is 0 Å². The van der Waals surface area contributed by atoms with Crippen molar-refractivity contribution in [1.29, 1.82) is 0 Å². The van der Waals surface area contributed by atoms with Crippen molar-refractivity contribution < 1.29 is 9.53 Å². The van der Waals surface area contributed by atoms with Gasteiger partial charge in [0.1, 0.15) is 0 Å². The van der Waals surface area contributed by atoms with Crippen LogP contribution in [0.4, 0.5) is 0 Å². The summed E-state index contributed by atoms with van der Waals surface area (Å²) in [6, 6.07) is -0.0984. The number of carbonyl (C=O) groups excluding carboxylic acids is 1. The molecule has 0 aromatic carbocycles. The highest BCUT2D eigenvalue weighted by atomic mass is 16.5. The lowest BCUT2D eigenvalue weighted by atomic mass is 10.1. The summed E-state index contributed by atoms with van der Waals surface area (Å²) in [7, 11) is 0. The third kappa shape index (κ3) is 7.70. The number of ether oxygens (including phenoxy) is 1. The number of carbonyl (C=O) groups is 1. The Morgan fingerprint density at radius 1 is 1.46 bits per heavy atom. The molecule has 13 heavy (non-hydrogen) atoms. The molecule has 5 heteroatoms. The third-order valence-electron chi connectivity index (χ3n) is 1.71. The quantitative estimate of drug-likeness (QED) is 0.489. The van der Waals surface area contributed by atoms with Gasteiger partial charge in [-0.25, -0.2) is 0 Å². The first-order chi connectivity index (χ1) is 6.04. The molecule has 0 unspecified atom stereocenters. The molecule has 6 N–H and O–H groups in total. The number of hydrogen-bond donors (Lipinski definition) is 3. The van der Waals surface area contributed by atoms with Crippen LogP contribution in [0.2, 0.25) is 0 Å². The molecule has 1 rings (SSSR count). The van der Waals surface area contributed by atoms with Crippen LogP contribution in [0.25, 0.3) is 0 Å². The van der Waals surface area contributed by atoms with Gasteiger partial charge in [-0.2, -0.15) is 0 Å². The maximum atomic E-state index is 9.80. The van der Waals surface area contributed by atoms with Crippen molar-refractivity contribution in [2.24, 2.45) is 17.2 Å². The summed E-state index contributed by atoms with van der Waals surface area (Å²) in [4.78, 5) is 9.80. The Morgan fingerprint density at radius 3 is 2.00 bits per heavy atom. The maximum Gasteiger partial charge on any atom is 0.234 e. The van der Waals surface area contributed by atoms with Gasteiger partial charge in [-0.15, -0.1) is 0 Å². The van der Waals surface area contributed by atoms with Crippen LogP contribution in [-0.2, 0) is 9.53 Å². The summed E-state index contributed by atoms with van der Waals surface area (Å²) in [6.07, 6.45) is 2.08. The zero-order valence-corrected chi connectivity index (χ0v) is 8.03. The Labute approximate surface area is 78.6 Å². The zero-order chi connectivity index (χ0) is 10.3. The Kier molecular flexibility index (Phi) is 6.48. The average Bonchev–Trinajstić information content (AvgIpc) is 2.06. The van der Waals surface area contributed by atoms with Crippen molar-refractivity contribution >= 4 is 5.91 Å². The summed E-state index contributed by atoms with van der Waals surface area (Å²) in [6.45, 7) is 3.27. The molecule has 1 atom stereocenters. The summed E-state index contributed by atoms with van der Waals surface area (Å²) in [5, 5.41) is 0. The highest BCUT2D eigenvalue weighted by molar-refractivity contribution is 5.78. The van der Waals surface area contributed by atoms with Crippen LogP contribution in [-0.4, -0.2) is 31.2 Å². The van der Waals surface area contributed by atoms with E-state index in [4.69, 9.17) is 16.2 Å². The Hall–Kier alpha value is -0.650. The molecule has 0 bridgehead atoms. The van der Waals surface area contributed by atoms with Crippen molar-refractivity contribution in [3.8, 4) is 0 Å². The first kappa shape index (κ1) is 12.3. The molecule has 0 saturated carbocycles. The topological polar surface area (TPSA) is 104 Å². The average molecular weight is 189 g/mol. The van der Waals surface area contributed by atoms with Crippen molar-refractivity contribution in [3.05, 3.63) is 0 Å². The van der Waals surface area contributed by atoms with Gasteiger partial charge in [-0.3, -0.25) is 4.79 Å². The van der Waals surface area contributed by atoms with E-state index in [1.54, 1.807) is 6.92 Å². The summed E-state index contributed by atoms with van der Waals surface area (Å²) in [5.74, 6) is -0.463. The maximum absolute atomic E-state index is 9.80. The molecule has 0 aromatic heterocycles. The van der Waals surface area contributed by atoms with Crippen LogP contribution in [0.3, 0.4) is 0 Å². The Balaban J connectivity index is 0.000000226. The molecular formula is C8H19N3O2. The Morgan fingerprint density at radius 2 is 1.85 bits per heavy atom. The van der Waals surface area contributed by atoms with Gasteiger partial charge in [0.25, 0.3) is 0 Å². The molecule has 0 aliphatic carbocycles. The van der Waals surface area contributed by atoms with E-state index in [1.807, 2.05) is 0 Å². The lowest BCUT2D eigenvalue weighted by molar-refractivity contribution is -0.118. The SMILES string of the molecule is C[C@@H](N)C(N)=O.NC1CCOCC1.